The summed E-state index contributed by atoms with van der Waals surface area (Å²) in [7, 11) is 1.57. The zero-order valence-electron chi connectivity index (χ0n) is 12.3. The topological polar surface area (TPSA) is 67.9 Å². The van der Waals surface area contributed by atoms with Crippen LogP contribution in [0.15, 0.2) is 24.3 Å². The molecule has 0 aromatic heterocycles. The number of methoxy groups -OCH3 is 1. The highest BCUT2D eigenvalue weighted by Crippen LogP contribution is 2.34. The van der Waals surface area contributed by atoms with E-state index in [-0.39, 0.29) is 18.4 Å². The van der Waals surface area contributed by atoms with Gasteiger partial charge in [0.15, 0.2) is 6.10 Å². The predicted octanol–water partition coefficient (Wildman–Crippen LogP) is 0.953. The highest BCUT2D eigenvalue weighted by atomic mass is 16.5. The maximum Gasteiger partial charge on any atom is 0.268 e. The minimum Gasteiger partial charge on any atom is -0.478 e. The molecule has 1 unspecified atom stereocenters. The van der Waals surface area contributed by atoms with Crippen molar-refractivity contribution in [3.63, 3.8) is 0 Å². The quantitative estimate of drug-likeness (QED) is 0.793. The van der Waals surface area contributed by atoms with Crippen LogP contribution in [0.3, 0.4) is 0 Å². The number of carbonyl (C=O) groups is 2. The van der Waals surface area contributed by atoms with Crippen LogP contribution in [0.1, 0.15) is 13.3 Å². The third-order valence-corrected chi connectivity index (χ3v) is 3.27. The van der Waals surface area contributed by atoms with E-state index in [1.54, 1.807) is 19.2 Å². The van der Waals surface area contributed by atoms with Crippen LogP contribution in [0.2, 0.25) is 0 Å². The molecule has 2 amide bonds. The summed E-state index contributed by atoms with van der Waals surface area (Å²) >= 11 is 0. The van der Waals surface area contributed by atoms with Gasteiger partial charge >= 0.3 is 0 Å². The van der Waals surface area contributed by atoms with Crippen LogP contribution >= 0.6 is 0 Å². The van der Waals surface area contributed by atoms with Crippen molar-refractivity contribution in [3.8, 4) is 5.75 Å². The summed E-state index contributed by atoms with van der Waals surface area (Å²) in [5.74, 6) is 0.235. The number of fused-ring (bicyclic) bond motifs is 1. The molecule has 114 valence electrons. The van der Waals surface area contributed by atoms with E-state index >= 15 is 0 Å². The number of nitrogens with one attached hydrogen (secondary N) is 1. The number of rotatable bonds is 6. The second-order valence-corrected chi connectivity index (χ2v) is 4.75. The molecule has 21 heavy (non-hydrogen) atoms. The van der Waals surface area contributed by atoms with Crippen LogP contribution in [0, 0.1) is 0 Å². The molecule has 1 atom stereocenters. The summed E-state index contributed by atoms with van der Waals surface area (Å²) in [6, 6.07) is 7.25. The third-order valence-electron chi connectivity index (χ3n) is 3.27. The fourth-order valence-electron chi connectivity index (χ4n) is 2.19. The Kier molecular flexibility index (Phi) is 5.16. The van der Waals surface area contributed by atoms with Gasteiger partial charge in [0.1, 0.15) is 12.3 Å². The average molecular weight is 292 g/mol. The minimum atomic E-state index is -0.535. The summed E-state index contributed by atoms with van der Waals surface area (Å²) in [4.78, 5) is 25.8. The predicted molar refractivity (Wildman–Crippen MR) is 78.4 cm³/mol. The first-order valence-corrected chi connectivity index (χ1v) is 7.00. The number of nitrogens with zero attached hydrogens (tertiary/aromatic N) is 1. The smallest absolute Gasteiger partial charge is 0.268 e. The molecule has 0 radical (unpaired) electrons. The molecule has 0 spiro atoms. The highest BCUT2D eigenvalue weighted by molar-refractivity contribution is 6.03. The average Bonchev–Trinajstić information content (AvgIpc) is 2.50. The van der Waals surface area contributed by atoms with Crippen molar-refractivity contribution >= 4 is 17.5 Å². The van der Waals surface area contributed by atoms with Gasteiger partial charge in [0, 0.05) is 13.7 Å². The lowest BCUT2D eigenvalue weighted by atomic mass is 10.1. The molecule has 0 fully saturated rings. The molecule has 0 aliphatic carbocycles. The molecule has 1 aliphatic rings. The van der Waals surface area contributed by atoms with Gasteiger partial charge < -0.3 is 14.8 Å². The van der Waals surface area contributed by atoms with E-state index in [9.17, 15) is 9.59 Å². The molecule has 0 saturated heterocycles. The van der Waals surface area contributed by atoms with Gasteiger partial charge in [-0.3, -0.25) is 14.5 Å². The molecule has 6 nitrogen and oxygen atoms in total. The van der Waals surface area contributed by atoms with Gasteiger partial charge in [0.2, 0.25) is 5.91 Å². The van der Waals surface area contributed by atoms with Gasteiger partial charge in [-0.05, 0) is 18.6 Å². The molecule has 1 heterocycles. The van der Waals surface area contributed by atoms with Crippen LogP contribution < -0.4 is 15.0 Å². The standard InChI is InChI=1S/C15H20N2O4/c1-3-12-15(19)17(10-14(18)16-8-9-20-2)11-6-4-5-7-13(11)21-12/h4-7,12H,3,8-10H2,1-2H3,(H,16,18). The molecule has 1 aliphatic heterocycles. The van der Waals surface area contributed by atoms with Crippen molar-refractivity contribution in [2.24, 2.45) is 0 Å². The summed E-state index contributed by atoms with van der Waals surface area (Å²) in [5.41, 5.74) is 0.633. The Hall–Kier alpha value is -2.08. The van der Waals surface area contributed by atoms with Crippen molar-refractivity contribution < 1.29 is 19.1 Å². The number of hydrogen-bond acceptors (Lipinski definition) is 4. The largest absolute Gasteiger partial charge is 0.478 e. The number of carbonyl (C=O) groups excluding carboxylic acids is 2. The van der Waals surface area contributed by atoms with E-state index in [4.69, 9.17) is 9.47 Å². The van der Waals surface area contributed by atoms with Crippen molar-refractivity contribution in [2.45, 2.75) is 19.4 Å². The van der Waals surface area contributed by atoms with E-state index < -0.39 is 6.10 Å². The lowest BCUT2D eigenvalue weighted by Gasteiger charge is -2.33. The van der Waals surface area contributed by atoms with Crippen LogP contribution in [0.4, 0.5) is 5.69 Å². The first kappa shape index (κ1) is 15.3. The zero-order chi connectivity index (χ0) is 15.2. The first-order valence-electron chi connectivity index (χ1n) is 7.00. The van der Waals surface area contributed by atoms with Gasteiger partial charge in [-0.1, -0.05) is 19.1 Å². The van der Waals surface area contributed by atoms with Crippen LogP contribution in [0.5, 0.6) is 5.75 Å². The lowest BCUT2D eigenvalue weighted by molar-refractivity contribution is -0.129. The SMILES string of the molecule is CCC1Oc2ccccc2N(CC(=O)NCCOC)C1=O. The maximum absolute atomic E-state index is 12.4. The van der Waals surface area contributed by atoms with Crippen LogP contribution in [0.25, 0.3) is 0 Å². The molecular weight excluding hydrogens is 272 g/mol. The number of para-hydroxylation sites is 2. The van der Waals surface area contributed by atoms with E-state index in [0.29, 0.717) is 31.0 Å². The maximum atomic E-state index is 12.4. The van der Waals surface area contributed by atoms with Crippen molar-refractivity contribution in [3.05, 3.63) is 24.3 Å². The normalized spacial score (nSPS) is 17.1. The molecule has 0 bridgehead atoms. The second kappa shape index (κ2) is 7.08. The molecule has 2 rings (SSSR count). The monoisotopic (exact) mass is 292 g/mol. The van der Waals surface area contributed by atoms with Gasteiger partial charge in [0.05, 0.1) is 12.3 Å². The Labute approximate surface area is 124 Å². The van der Waals surface area contributed by atoms with Crippen LogP contribution in [-0.4, -0.2) is 44.7 Å². The Morgan fingerprint density at radius 3 is 2.90 bits per heavy atom. The zero-order valence-corrected chi connectivity index (χ0v) is 12.3. The fourth-order valence-corrected chi connectivity index (χ4v) is 2.19. The van der Waals surface area contributed by atoms with E-state index in [0.717, 1.165) is 0 Å². The Morgan fingerprint density at radius 1 is 1.43 bits per heavy atom. The summed E-state index contributed by atoms with van der Waals surface area (Å²) < 4.78 is 10.5. The Bertz CT molecular complexity index is 518. The van der Waals surface area contributed by atoms with Gasteiger partial charge in [-0.15, -0.1) is 0 Å². The molecule has 1 aromatic carbocycles. The highest BCUT2D eigenvalue weighted by Gasteiger charge is 2.33. The van der Waals surface area contributed by atoms with E-state index in [2.05, 4.69) is 5.32 Å². The lowest BCUT2D eigenvalue weighted by Crippen LogP contribution is -2.49. The first-order chi connectivity index (χ1) is 10.2. The minimum absolute atomic E-state index is 0.0145. The van der Waals surface area contributed by atoms with Crippen molar-refractivity contribution in [1.82, 2.24) is 5.32 Å². The molecular formula is C15H20N2O4. The number of anilines is 1. The number of benzene rings is 1. The van der Waals surface area contributed by atoms with Gasteiger partial charge in [-0.2, -0.15) is 0 Å². The number of amides is 2. The van der Waals surface area contributed by atoms with Gasteiger partial charge in [-0.25, -0.2) is 0 Å². The molecule has 1 aromatic rings. The molecule has 1 N–H and O–H groups in total. The van der Waals surface area contributed by atoms with Crippen molar-refractivity contribution in [2.75, 3.05) is 31.7 Å². The fraction of sp³-hybridized carbons (Fsp3) is 0.467. The summed E-state index contributed by atoms with van der Waals surface area (Å²) in [6.07, 6.45) is 0.0290. The third kappa shape index (κ3) is 3.52. The number of hydrogen-bond donors (Lipinski definition) is 1. The molecule has 0 saturated carbocycles. The Morgan fingerprint density at radius 2 is 2.19 bits per heavy atom. The summed E-state index contributed by atoms with van der Waals surface area (Å²) in [5, 5.41) is 2.72. The number of ether oxygens (including phenoxy) is 2. The van der Waals surface area contributed by atoms with Gasteiger partial charge in [0.25, 0.3) is 5.91 Å². The van der Waals surface area contributed by atoms with Crippen molar-refractivity contribution in [1.29, 1.82) is 0 Å². The second-order valence-electron chi connectivity index (χ2n) is 4.75. The Balaban J connectivity index is 2.12. The van der Waals surface area contributed by atoms with E-state index in [1.807, 2.05) is 19.1 Å². The van der Waals surface area contributed by atoms with E-state index in [1.165, 1.54) is 4.90 Å². The summed E-state index contributed by atoms with van der Waals surface area (Å²) in [6.45, 7) is 2.73. The van der Waals surface area contributed by atoms with Crippen LogP contribution in [-0.2, 0) is 14.3 Å². The molecule has 6 heteroatoms.